The van der Waals surface area contributed by atoms with Crippen molar-refractivity contribution in [2.24, 2.45) is 5.92 Å². The van der Waals surface area contributed by atoms with Gasteiger partial charge in [0.1, 0.15) is 0 Å². The Hall–Kier alpha value is -0.860. The predicted molar refractivity (Wildman–Crippen MR) is 87.5 cm³/mol. The van der Waals surface area contributed by atoms with Crippen LogP contribution in [0.25, 0.3) is 10.8 Å². The Morgan fingerprint density at radius 3 is 2.32 bits per heavy atom. The fourth-order valence-corrected chi connectivity index (χ4v) is 3.02. The summed E-state index contributed by atoms with van der Waals surface area (Å²) >= 11 is 3.64. The van der Waals surface area contributed by atoms with Gasteiger partial charge in [0, 0.05) is 10.5 Å². The molecule has 2 aromatic carbocycles. The molecule has 0 saturated heterocycles. The van der Waals surface area contributed by atoms with Crippen molar-refractivity contribution in [1.82, 2.24) is 5.32 Å². The van der Waals surface area contributed by atoms with Gasteiger partial charge in [0.15, 0.2) is 0 Å². The molecule has 0 saturated carbocycles. The van der Waals surface area contributed by atoms with E-state index in [0.717, 1.165) is 5.92 Å². The molecule has 0 aliphatic rings. The van der Waals surface area contributed by atoms with Gasteiger partial charge in [-0.25, -0.2) is 0 Å². The molecule has 1 nitrogen and oxygen atoms in total. The lowest BCUT2D eigenvalue weighted by Gasteiger charge is -2.20. The summed E-state index contributed by atoms with van der Waals surface area (Å²) in [6.45, 7) is 4.57. The second kappa shape index (κ2) is 6.53. The molecular weight excluding hydrogens is 298 g/mol. The molecule has 1 atom stereocenters. The lowest BCUT2D eigenvalue weighted by atomic mass is 9.93. The first-order valence-electron chi connectivity index (χ1n) is 6.98. The number of fused-ring (bicyclic) bond motifs is 1. The van der Waals surface area contributed by atoms with E-state index in [1.165, 1.54) is 33.7 Å². The number of hydrogen-bond acceptors (Lipinski definition) is 1. The van der Waals surface area contributed by atoms with E-state index in [2.05, 4.69) is 78.5 Å². The Kier molecular flexibility index (Phi) is 5.00. The van der Waals surface area contributed by atoms with E-state index in [1.54, 1.807) is 0 Å². The third-order valence-electron chi connectivity index (χ3n) is 3.66. The van der Waals surface area contributed by atoms with Crippen molar-refractivity contribution in [2.75, 3.05) is 7.05 Å². The fourth-order valence-electron chi connectivity index (χ4n) is 2.54. The normalized spacial score (nSPS) is 13.1. The SMILES string of the molecule is CNC(CCC(C)C)c1ccc(Br)c2ccccc12. The monoisotopic (exact) mass is 319 g/mol. The average molecular weight is 320 g/mol. The minimum absolute atomic E-state index is 0.431. The Labute approximate surface area is 124 Å². The van der Waals surface area contributed by atoms with Crippen LogP contribution in [0.15, 0.2) is 40.9 Å². The van der Waals surface area contributed by atoms with Gasteiger partial charge < -0.3 is 5.32 Å². The average Bonchev–Trinajstić information content (AvgIpc) is 2.41. The van der Waals surface area contributed by atoms with Gasteiger partial charge in [0.25, 0.3) is 0 Å². The Morgan fingerprint density at radius 1 is 1.00 bits per heavy atom. The molecule has 2 aromatic rings. The van der Waals surface area contributed by atoms with Crippen molar-refractivity contribution in [3.63, 3.8) is 0 Å². The molecule has 2 rings (SSSR count). The number of halogens is 1. The highest BCUT2D eigenvalue weighted by Gasteiger charge is 2.13. The van der Waals surface area contributed by atoms with Crippen LogP contribution in [0.4, 0.5) is 0 Å². The molecule has 0 aliphatic carbocycles. The largest absolute Gasteiger partial charge is 0.313 e. The third-order valence-corrected chi connectivity index (χ3v) is 4.35. The molecule has 0 spiro atoms. The van der Waals surface area contributed by atoms with Gasteiger partial charge in [-0.3, -0.25) is 0 Å². The van der Waals surface area contributed by atoms with E-state index in [-0.39, 0.29) is 0 Å². The summed E-state index contributed by atoms with van der Waals surface area (Å²) < 4.78 is 1.17. The molecule has 19 heavy (non-hydrogen) atoms. The number of rotatable bonds is 5. The maximum atomic E-state index is 3.64. The summed E-state index contributed by atoms with van der Waals surface area (Å²) in [5.74, 6) is 0.748. The molecule has 0 radical (unpaired) electrons. The lowest BCUT2D eigenvalue weighted by Crippen LogP contribution is -2.17. The van der Waals surface area contributed by atoms with E-state index in [4.69, 9.17) is 0 Å². The summed E-state index contributed by atoms with van der Waals surface area (Å²) in [6.07, 6.45) is 2.43. The summed E-state index contributed by atoms with van der Waals surface area (Å²) in [6, 6.07) is 13.5. The third kappa shape index (κ3) is 3.37. The first kappa shape index (κ1) is 14.5. The summed E-state index contributed by atoms with van der Waals surface area (Å²) in [7, 11) is 2.06. The van der Waals surface area contributed by atoms with E-state index in [0.29, 0.717) is 6.04 Å². The van der Waals surface area contributed by atoms with Gasteiger partial charge in [-0.2, -0.15) is 0 Å². The highest BCUT2D eigenvalue weighted by atomic mass is 79.9. The van der Waals surface area contributed by atoms with E-state index in [9.17, 15) is 0 Å². The van der Waals surface area contributed by atoms with Crippen LogP contribution in [0.2, 0.25) is 0 Å². The zero-order valence-electron chi connectivity index (χ0n) is 11.9. The molecule has 0 heterocycles. The maximum absolute atomic E-state index is 3.64. The van der Waals surface area contributed by atoms with Crippen LogP contribution < -0.4 is 5.32 Å². The zero-order valence-corrected chi connectivity index (χ0v) is 13.5. The molecule has 0 fully saturated rings. The van der Waals surface area contributed by atoms with E-state index < -0.39 is 0 Å². The minimum Gasteiger partial charge on any atom is -0.313 e. The van der Waals surface area contributed by atoms with Crippen LogP contribution in [0.1, 0.15) is 38.3 Å². The van der Waals surface area contributed by atoms with Crippen LogP contribution in [-0.4, -0.2) is 7.05 Å². The summed E-state index contributed by atoms with van der Waals surface area (Å²) in [4.78, 5) is 0. The van der Waals surface area contributed by atoms with Gasteiger partial charge in [0.05, 0.1) is 0 Å². The zero-order chi connectivity index (χ0) is 13.8. The molecule has 0 aliphatic heterocycles. The molecule has 0 bridgehead atoms. The second-order valence-electron chi connectivity index (χ2n) is 5.49. The standard InChI is InChI=1S/C17H22BrN/c1-12(2)8-11-17(19-3)15-9-10-16(18)14-7-5-4-6-13(14)15/h4-7,9-10,12,17,19H,8,11H2,1-3H3. The maximum Gasteiger partial charge on any atom is 0.0323 e. The van der Waals surface area contributed by atoms with Gasteiger partial charge in [0.2, 0.25) is 0 Å². The highest BCUT2D eigenvalue weighted by Crippen LogP contribution is 2.32. The first-order valence-corrected chi connectivity index (χ1v) is 7.77. The number of hydrogen-bond donors (Lipinski definition) is 1. The van der Waals surface area contributed by atoms with Crippen LogP contribution >= 0.6 is 15.9 Å². The molecule has 2 heteroatoms. The summed E-state index contributed by atoms with van der Waals surface area (Å²) in [5.41, 5.74) is 1.40. The van der Waals surface area contributed by atoms with Crippen molar-refractivity contribution in [1.29, 1.82) is 0 Å². The molecular formula is C17H22BrN. The highest BCUT2D eigenvalue weighted by molar-refractivity contribution is 9.10. The Bertz CT molecular complexity index is 548. The van der Waals surface area contributed by atoms with E-state index in [1.807, 2.05) is 0 Å². The van der Waals surface area contributed by atoms with Gasteiger partial charge in [-0.15, -0.1) is 0 Å². The topological polar surface area (TPSA) is 12.0 Å². The van der Waals surface area contributed by atoms with Crippen LogP contribution in [0.3, 0.4) is 0 Å². The number of benzene rings is 2. The van der Waals surface area contributed by atoms with Crippen molar-refractivity contribution < 1.29 is 0 Å². The van der Waals surface area contributed by atoms with Crippen molar-refractivity contribution in [2.45, 2.75) is 32.7 Å². The lowest BCUT2D eigenvalue weighted by molar-refractivity contribution is 0.467. The van der Waals surface area contributed by atoms with Crippen molar-refractivity contribution in [3.8, 4) is 0 Å². The molecule has 102 valence electrons. The van der Waals surface area contributed by atoms with Crippen molar-refractivity contribution >= 4 is 26.7 Å². The Balaban J connectivity index is 2.40. The van der Waals surface area contributed by atoms with Gasteiger partial charge >= 0.3 is 0 Å². The number of nitrogens with one attached hydrogen (secondary N) is 1. The fraction of sp³-hybridized carbons (Fsp3) is 0.412. The molecule has 0 amide bonds. The second-order valence-corrected chi connectivity index (χ2v) is 6.35. The van der Waals surface area contributed by atoms with Crippen LogP contribution in [-0.2, 0) is 0 Å². The predicted octanol–water partition coefficient (Wildman–Crippen LogP) is 5.30. The van der Waals surface area contributed by atoms with Crippen molar-refractivity contribution in [3.05, 3.63) is 46.4 Å². The van der Waals surface area contributed by atoms with Crippen LogP contribution in [0, 0.1) is 5.92 Å². The Morgan fingerprint density at radius 2 is 1.68 bits per heavy atom. The molecule has 1 unspecified atom stereocenters. The first-order chi connectivity index (χ1) is 9.13. The smallest absolute Gasteiger partial charge is 0.0323 e. The quantitative estimate of drug-likeness (QED) is 0.788. The molecule has 0 aromatic heterocycles. The van der Waals surface area contributed by atoms with Crippen LogP contribution in [0.5, 0.6) is 0 Å². The van der Waals surface area contributed by atoms with Gasteiger partial charge in [-0.05, 0) is 48.2 Å². The van der Waals surface area contributed by atoms with Gasteiger partial charge in [-0.1, -0.05) is 60.1 Å². The summed E-state index contributed by atoms with van der Waals surface area (Å²) in [5, 5.41) is 6.11. The molecule has 1 N–H and O–H groups in total. The minimum atomic E-state index is 0.431. The van der Waals surface area contributed by atoms with E-state index >= 15 is 0 Å².